The summed E-state index contributed by atoms with van der Waals surface area (Å²) >= 11 is 0. The number of carbonyl (C=O) groups excluding carboxylic acids is 1. The second-order valence-corrected chi connectivity index (χ2v) is 4.07. The van der Waals surface area contributed by atoms with Crippen LogP contribution in [0.25, 0.3) is 0 Å². The quantitative estimate of drug-likeness (QED) is 0.639. The molecule has 1 aliphatic rings. The Morgan fingerprint density at radius 2 is 2.07 bits per heavy atom. The Morgan fingerprint density at radius 3 is 2.67 bits per heavy atom. The third kappa shape index (κ3) is 5.14. The molecule has 0 spiro atoms. The summed E-state index contributed by atoms with van der Waals surface area (Å²) in [5.41, 5.74) is 0. The van der Waals surface area contributed by atoms with Crippen LogP contribution >= 0.6 is 0 Å². The second kappa shape index (κ2) is 6.80. The average molecular weight is 215 g/mol. The van der Waals surface area contributed by atoms with Crippen LogP contribution in [0, 0.1) is 5.92 Å². The van der Waals surface area contributed by atoms with Crippen LogP contribution in [0.1, 0.15) is 19.8 Å². The number of carbonyl (C=O) groups is 1. The van der Waals surface area contributed by atoms with E-state index >= 15 is 0 Å². The number of piperidine rings is 1. The highest BCUT2D eigenvalue weighted by Gasteiger charge is 2.16. The first-order chi connectivity index (χ1) is 7.22. The van der Waals surface area contributed by atoms with Crippen molar-refractivity contribution in [3.63, 3.8) is 0 Å². The summed E-state index contributed by atoms with van der Waals surface area (Å²) in [4.78, 5) is 13.3. The van der Waals surface area contributed by atoms with E-state index in [9.17, 15) is 4.79 Å². The highest BCUT2D eigenvalue weighted by Crippen LogP contribution is 2.15. The Bertz CT molecular complexity index is 188. The minimum absolute atomic E-state index is 0.0974. The van der Waals surface area contributed by atoms with Gasteiger partial charge in [-0.25, -0.2) is 4.79 Å². The molecule has 1 heterocycles. The van der Waals surface area contributed by atoms with E-state index in [1.165, 1.54) is 12.8 Å². The van der Waals surface area contributed by atoms with Gasteiger partial charge < -0.3 is 14.4 Å². The van der Waals surface area contributed by atoms with E-state index in [1.807, 2.05) is 0 Å². The topological polar surface area (TPSA) is 38.8 Å². The molecule has 1 fully saturated rings. The predicted molar refractivity (Wildman–Crippen MR) is 57.7 cm³/mol. The van der Waals surface area contributed by atoms with Crippen LogP contribution in [0.2, 0.25) is 0 Å². The summed E-state index contributed by atoms with van der Waals surface area (Å²) in [6.45, 7) is 5.28. The van der Waals surface area contributed by atoms with Crippen molar-refractivity contribution < 1.29 is 14.3 Å². The SMILES string of the molecule is CCOC(=O)COCC1CCN(C)CC1. The second-order valence-electron chi connectivity index (χ2n) is 4.07. The van der Waals surface area contributed by atoms with Crippen molar-refractivity contribution in [2.75, 3.05) is 40.0 Å². The molecule has 4 heteroatoms. The van der Waals surface area contributed by atoms with Gasteiger partial charge in [-0.2, -0.15) is 0 Å². The highest BCUT2D eigenvalue weighted by molar-refractivity contribution is 5.70. The Balaban J connectivity index is 2.02. The van der Waals surface area contributed by atoms with Gasteiger partial charge in [0.2, 0.25) is 0 Å². The van der Waals surface area contributed by atoms with Gasteiger partial charge in [-0.05, 0) is 45.8 Å². The number of esters is 1. The molecule has 15 heavy (non-hydrogen) atoms. The normalized spacial score (nSPS) is 19.1. The molecule has 0 N–H and O–H groups in total. The molecule has 0 radical (unpaired) electrons. The highest BCUT2D eigenvalue weighted by atomic mass is 16.6. The number of ether oxygens (including phenoxy) is 2. The molecule has 0 aromatic rings. The molecule has 0 amide bonds. The molecule has 0 aromatic heterocycles. The van der Waals surface area contributed by atoms with Crippen molar-refractivity contribution >= 4 is 5.97 Å². The van der Waals surface area contributed by atoms with Gasteiger partial charge in [0.05, 0.1) is 13.2 Å². The molecule has 0 bridgehead atoms. The zero-order chi connectivity index (χ0) is 11.1. The summed E-state index contributed by atoms with van der Waals surface area (Å²) in [6, 6.07) is 0. The lowest BCUT2D eigenvalue weighted by atomic mass is 9.98. The minimum atomic E-state index is -0.259. The van der Waals surface area contributed by atoms with Crippen molar-refractivity contribution in [2.24, 2.45) is 5.92 Å². The zero-order valence-corrected chi connectivity index (χ0v) is 9.70. The molecule has 1 rings (SSSR count). The molecule has 0 unspecified atom stereocenters. The fourth-order valence-electron chi connectivity index (χ4n) is 1.74. The van der Waals surface area contributed by atoms with Crippen LogP contribution < -0.4 is 0 Å². The maximum Gasteiger partial charge on any atom is 0.332 e. The molecule has 0 atom stereocenters. The molecule has 0 aliphatic carbocycles. The van der Waals surface area contributed by atoms with Gasteiger partial charge in [-0.3, -0.25) is 0 Å². The van der Waals surface area contributed by atoms with Crippen molar-refractivity contribution in [1.82, 2.24) is 4.90 Å². The Hall–Kier alpha value is -0.610. The molecular formula is C11H21NO3. The standard InChI is InChI=1S/C11H21NO3/c1-3-15-11(13)9-14-8-10-4-6-12(2)7-5-10/h10H,3-9H2,1-2H3. The molecular weight excluding hydrogens is 194 g/mol. The monoisotopic (exact) mass is 215 g/mol. The number of hydrogen-bond acceptors (Lipinski definition) is 4. The number of likely N-dealkylation sites (tertiary alicyclic amines) is 1. The van der Waals surface area contributed by atoms with E-state index in [0.717, 1.165) is 13.1 Å². The first kappa shape index (κ1) is 12.5. The zero-order valence-electron chi connectivity index (χ0n) is 9.70. The fourth-order valence-corrected chi connectivity index (χ4v) is 1.74. The van der Waals surface area contributed by atoms with Crippen LogP contribution in [-0.4, -0.2) is 50.8 Å². The summed E-state index contributed by atoms with van der Waals surface area (Å²) in [6.07, 6.45) is 2.33. The summed E-state index contributed by atoms with van der Waals surface area (Å²) in [5.74, 6) is 0.348. The minimum Gasteiger partial charge on any atom is -0.464 e. The largest absolute Gasteiger partial charge is 0.464 e. The number of hydrogen-bond donors (Lipinski definition) is 0. The molecule has 0 saturated carbocycles. The first-order valence-electron chi connectivity index (χ1n) is 5.64. The smallest absolute Gasteiger partial charge is 0.332 e. The predicted octanol–water partition coefficient (Wildman–Crippen LogP) is 0.908. The lowest BCUT2D eigenvalue weighted by Gasteiger charge is -2.28. The van der Waals surface area contributed by atoms with Gasteiger partial charge in [0, 0.05) is 0 Å². The maximum atomic E-state index is 11.0. The first-order valence-corrected chi connectivity index (χ1v) is 5.64. The van der Waals surface area contributed by atoms with Gasteiger partial charge in [0.25, 0.3) is 0 Å². The Labute approximate surface area is 91.5 Å². The average Bonchev–Trinajstić information content (AvgIpc) is 2.21. The van der Waals surface area contributed by atoms with Gasteiger partial charge in [-0.1, -0.05) is 0 Å². The third-order valence-electron chi connectivity index (χ3n) is 2.72. The summed E-state index contributed by atoms with van der Waals surface area (Å²) in [7, 11) is 2.13. The van der Waals surface area contributed by atoms with Crippen molar-refractivity contribution in [3.8, 4) is 0 Å². The van der Waals surface area contributed by atoms with Crippen LogP contribution in [-0.2, 0) is 14.3 Å². The van der Waals surface area contributed by atoms with E-state index in [0.29, 0.717) is 19.1 Å². The van der Waals surface area contributed by atoms with Crippen molar-refractivity contribution in [2.45, 2.75) is 19.8 Å². The summed E-state index contributed by atoms with van der Waals surface area (Å²) < 4.78 is 10.1. The number of rotatable bonds is 5. The molecule has 0 aromatic carbocycles. The number of nitrogens with zero attached hydrogens (tertiary/aromatic N) is 1. The van der Waals surface area contributed by atoms with Crippen molar-refractivity contribution in [3.05, 3.63) is 0 Å². The van der Waals surface area contributed by atoms with Crippen LogP contribution in [0.5, 0.6) is 0 Å². The van der Waals surface area contributed by atoms with Gasteiger partial charge in [-0.15, -0.1) is 0 Å². The third-order valence-corrected chi connectivity index (χ3v) is 2.72. The maximum absolute atomic E-state index is 11.0. The van der Waals surface area contributed by atoms with E-state index < -0.39 is 0 Å². The van der Waals surface area contributed by atoms with E-state index in [4.69, 9.17) is 9.47 Å². The lowest BCUT2D eigenvalue weighted by Crippen LogP contribution is -2.32. The van der Waals surface area contributed by atoms with Gasteiger partial charge in [0.1, 0.15) is 6.61 Å². The van der Waals surface area contributed by atoms with Gasteiger partial charge >= 0.3 is 5.97 Å². The molecule has 1 saturated heterocycles. The van der Waals surface area contributed by atoms with E-state index in [1.54, 1.807) is 6.92 Å². The Morgan fingerprint density at radius 1 is 1.40 bits per heavy atom. The molecule has 88 valence electrons. The van der Waals surface area contributed by atoms with E-state index in [2.05, 4.69) is 11.9 Å². The molecule has 4 nitrogen and oxygen atoms in total. The lowest BCUT2D eigenvalue weighted by molar-refractivity contribution is -0.149. The van der Waals surface area contributed by atoms with Crippen molar-refractivity contribution in [1.29, 1.82) is 0 Å². The molecule has 1 aliphatic heterocycles. The van der Waals surface area contributed by atoms with Crippen LogP contribution in [0.3, 0.4) is 0 Å². The van der Waals surface area contributed by atoms with Crippen LogP contribution in [0.15, 0.2) is 0 Å². The Kier molecular flexibility index (Phi) is 5.65. The van der Waals surface area contributed by atoms with Gasteiger partial charge in [0.15, 0.2) is 0 Å². The summed E-state index contributed by atoms with van der Waals surface area (Å²) in [5, 5.41) is 0. The fraction of sp³-hybridized carbons (Fsp3) is 0.909. The van der Waals surface area contributed by atoms with E-state index in [-0.39, 0.29) is 12.6 Å². The van der Waals surface area contributed by atoms with Crippen LogP contribution in [0.4, 0.5) is 0 Å².